The molecule has 18 nitrogen and oxygen atoms in total. The highest BCUT2D eigenvalue weighted by Crippen LogP contribution is 2.66. The number of nitrogens with zero attached hydrogens (tertiary/aromatic N) is 5. The molecule has 2 saturated heterocycles. The number of hydrogen-bond donors (Lipinski definition) is 4. The zero-order valence-corrected chi connectivity index (χ0v) is 17.1. The number of thiol groups is 1. The Morgan fingerprint density at radius 3 is 2.61 bits per heavy atom. The first-order valence-electron chi connectivity index (χ1n) is 8.18. The van der Waals surface area contributed by atoms with Gasteiger partial charge in [-0.2, -0.15) is 13.9 Å². The van der Waals surface area contributed by atoms with Gasteiger partial charge in [0.1, 0.15) is 12.2 Å². The van der Waals surface area contributed by atoms with Gasteiger partial charge in [0, 0.05) is 0 Å². The van der Waals surface area contributed by atoms with Gasteiger partial charge in [0.2, 0.25) is 0 Å². The van der Waals surface area contributed by atoms with E-state index < -0.39 is 75.2 Å². The maximum atomic E-state index is 12.8. The minimum absolute atomic E-state index is 0.340. The molecule has 5 unspecified atom stereocenters. The van der Waals surface area contributed by atoms with Crippen LogP contribution in [0.25, 0.3) is 11.2 Å². The van der Waals surface area contributed by atoms with E-state index in [-0.39, 0.29) is 0 Å². The number of rotatable bonds is 2. The number of ether oxygens (including phenoxy) is 1. The third-order valence-electron chi connectivity index (χ3n) is 4.72. The lowest BCUT2D eigenvalue weighted by Crippen LogP contribution is -2.49. The fourth-order valence-electron chi connectivity index (χ4n) is 3.46. The molecular weight excluding hydrogens is 492 g/mol. The van der Waals surface area contributed by atoms with Crippen LogP contribution in [-0.2, 0) is 37.5 Å². The number of imidazole rings is 1. The Morgan fingerprint density at radius 1 is 1.23 bits per heavy atom. The van der Waals surface area contributed by atoms with Gasteiger partial charge in [-0.15, -0.1) is 14.0 Å². The average Bonchev–Trinajstić information content (AvgIpc) is 3.15. The second kappa shape index (κ2) is 5.97. The van der Waals surface area contributed by atoms with E-state index >= 15 is 0 Å². The topological polar surface area (TPSA) is 215 Å². The molecule has 21 heteroatoms. The molecule has 5 atom stereocenters. The third-order valence-corrected chi connectivity index (χ3v) is 7.45. The minimum Gasteiger partial charge on any atom is -0.394 e. The smallest absolute Gasteiger partial charge is 0.394 e. The van der Waals surface area contributed by atoms with Crippen LogP contribution in [0, 0.1) is 0 Å². The van der Waals surface area contributed by atoms with Crippen LogP contribution in [-0.4, -0.2) is 59.5 Å². The Balaban J connectivity index is 1.76. The highest BCUT2D eigenvalue weighted by Gasteiger charge is 2.67. The number of aliphatic hydroxyl groups is 3. The molecule has 0 aromatic carbocycles. The average molecular weight is 501 g/mol. The van der Waals surface area contributed by atoms with Crippen molar-refractivity contribution < 1.29 is 56.1 Å². The van der Waals surface area contributed by atoms with Crippen LogP contribution in [0.4, 0.5) is 5.95 Å². The predicted octanol–water partition coefficient (Wildman–Crippen LogP) is -2.07. The molecule has 2 aromatic heterocycles. The van der Waals surface area contributed by atoms with Crippen LogP contribution >= 0.6 is 28.6 Å². The van der Waals surface area contributed by atoms with E-state index in [2.05, 4.69) is 26.8 Å². The van der Waals surface area contributed by atoms with E-state index in [1.165, 1.54) is 0 Å². The Bertz CT molecular complexity index is 1290. The minimum atomic E-state index is -4.61. The van der Waals surface area contributed by atoms with E-state index in [1.807, 2.05) is 0 Å². The van der Waals surface area contributed by atoms with E-state index in [1.54, 1.807) is 0 Å². The van der Waals surface area contributed by atoms with Gasteiger partial charge in [0.05, 0.1) is 6.61 Å². The van der Waals surface area contributed by atoms with Crippen LogP contribution in [0.1, 0.15) is 0 Å². The quantitative estimate of drug-likeness (QED) is 0.197. The summed E-state index contributed by atoms with van der Waals surface area (Å²) in [7, 11) is -9.17. The van der Waals surface area contributed by atoms with Gasteiger partial charge in [-0.05, 0) is 12.9 Å². The first kappa shape index (κ1) is 19.9. The van der Waals surface area contributed by atoms with Crippen molar-refractivity contribution in [1.82, 2.24) is 19.3 Å². The Morgan fingerprint density at radius 2 is 1.97 bits per heavy atom. The van der Waals surface area contributed by atoms with Crippen molar-refractivity contribution in [3.63, 3.8) is 0 Å². The Kier molecular flexibility index (Phi) is 3.83. The molecule has 31 heavy (non-hydrogen) atoms. The van der Waals surface area contributed by atoms with Crippen molar-refractivity contribution >= 4 is 45.7 Å². The van der Waals surface area contributed by atoms with Crippen LogP contribution in [0.15, 0.2) is 4.79 Å². The molecule has 0 amide bonds. The number of aliphatic hydroxyl groups excluding tert-OH is 3. The summed E-state index contributed by atoms with van der Waals surface area (Å²) in [5, 5.41) is 31.0. The van der Waals surface area contributed by atoms with Crippen molar-refractivity contribution in [3.05, 3.63) is 10.4 Å². The molecule has 2 fully saturated rings. The van der Waals surface area contributed by atoms with Crippen molar-refractivity contribution in [3.8, 4) is 6.01 Å². The Hall–Kier alpha value is -1.76. The van der Waals surface area contributed by atoms with Crippen molar-refractivity contribution in [2.45, 2.75) is 24.2 Å². The monoisotopic (exact) mass is 501 g/mol. The van der Waals surface area contributed by atoms with Crippen molar-refractivity contribution in [2.75, 3.05) is 11.8 Å². The number of phosphoric acid groups is 2. The molecular formula is C10H9N5O13P2S. The second-order valence-electron chi connectivity index (χ2n) is 6.48. The third kappa shape index (κ3) is 2.39. The number of aromatic nitrogens is 4. The summed E-state index contributed by atoms with van der Waals surface area (Å²) in [5.74, 6) is -3.40. The molecule has 7 bridgehead atoms. The zero-order chi connectivity index (χ0) is 21.9. The summed E-state index contributed by atoms with van der Waals surface area (Å²) in [6.07, 6.45) is -5.40. The second-order valence-corrected chi connectivity index (χ2v) is 9.78. The molecule has 3 N–H and O–H groups in total. The van der Waals surface area contributed by atoms with Crippen LogP contribution < -0.4 is 19.9 Å². The molecule has 1 spiro atoms. The predicted molar refractivity (Wildman–Crippen MR) is 92.0 cm³/mol. The molecule has 7 rings (SSSR count). The maximum absolute atomic E-state index is 12.8. The summed E-state index contributed by atoms with van der Waals surface area (Å²) in [4.78, 5) is 20.0. The first-order chi connectivity index (χ1) is 14.6. The van der Waals surface area contributed by atoms with Gasteiger partial charge >= 0.3 is 33.1 Å². The maximum Gasteiger partial charge on any atom is 0.620 e. The molecule has 5 aliphatic heterocycles. The molecule has 0 aliphatic carbocycles. The van der Waals surface area contributed by atoms with Crippen molar-refractivity contribution in [2.24, 2.45) is 0 Å². The summed E-state index contributed by atoms with van der Waals surface area (Å²) in [5.41, 5.74) is -1.93. The fraction of sp³-hybridized carbons (Fsp3) is 0.500. The Labute approximate surface area is 174 Å². The highest BCUT2D eigenvalue weighted by atomic mass is 32.1. The fourth-order valence-corrected chi connectivity index (χ4v) is 5.56. The van der Waals surface area contributed by atoms with Gasteiger partial charge < -0.3 is 24.6 Å². The molecule has 7 heterocycles. The lowest BCUT2D eigenvalue weighted by Gasteiger charge is -2.39. The lowest BCUT2D eigenvalue weighted by molar-refractivity contribution is -0.288. The van der Waals surface area contributed by atoms with Gasteiger partial charge in [-0.3, -0.25) is 9.42 Å². The molecule has 0 saturated carbocycles. The molecule has 168 valence electrons. The van der Waals surface area contributed by atoms with Gasteiger partial charge in [-0.25, -0.2) is 18.2 Å². The summed E-state index contributed by atoms with van der Waals surface area (Å²) < 4.78 is 62.4. The highest BCUT2D eigenvalue weighted by molar-refractivity contribution is 7.80. The van der Waals surface area contributed by atoms with E-state index in [0.29, 0.717) is 14.5 Å². The van der Waals surface area contributed by atoms with Crippen LogP contribution in [0.3, 0.4) is 0 Å². The summed E-state index contributed by atoms with van der Waals surface area (Å²) in [6.45, 7) is -0.821. The van der Waals surface area contributed by atoms with Gasteiger partial charge in [0.15, 0.2) is 17.3 Å². The van der Waals surface area contributed by atoms with Crippen molar-refractivity contribution in [1.29, 1.82) is 0 Å². The molecule has 5 aliphatic rings. The SMILES string of the molecule is O=c1nc2n3c4c1nc(n4C1(OC(CO)C(O)C1O)OP1(=O)ON2O1)OP(=O)(OS)O3. The number of hydrogen-bond acceptors (Lipinski definition) is 17. The van der Waals surface area contributed by atoms with E-state index in [4.69, 9.17) is 27.7 Å². The first-order valence-corrected chi connectivity index (χ1v) is 11.5. The van der Waals surface area contributed by atoms with Crippen LogP contribution in [0.5, 0.6) is 6.01 Å². The standard InChI is InChI=1S/C10H9N5O13P2S/c16-1-2-4(17)5(18)10(22-2)13-7-3-6(19)12-8(15-26-30(21,24-10)27-15)14(7)25-29(20,28-31)23-9(13)11-3/h2,4-5,16-18,31H,1H2. The van der Waals surface area contributed by atoms with E-state index in [9.17, 15) is 29.2 Å². The molecule has 2 aromatic rings. The van der Waals surface area contributed by atoms with Crippen LogP contribution in [0.2, 0.25) is 0 Å². The summed E-state index contributed by atoms with van der Waals surface area (Å²) >= 11 is 3.45. The van der Waals surface area contributed by atoms with Gasteiger partial charge in [-0.1, -0.05) is 5.23 Å². The zero-order valence-electron chi connectivity index (χ0n) is 14.4. The number of anilines is 1. The lowest BCUT2D eigenvalue weighted by atomic mass is 10.1. The largest absolute Gasteiger partial charge is 0.620 e. The van der Waals surface area contributed by atoms with E-state index in [0.717, 1.165) is 0 Å². The van der Waals surface area contributed by atoms with Gasteiger partial charge in [0.25, 0.3) is 5.95 Å². The summed E-state index contributed by atoms with van der Waals surface area (Å²) in [6, 6.07) is -0.763. The molecule has 0 radical (unpaired) electrons. The normalized spacial score (nSPS) is 40.3.